The topological polar surface area (TPSA) is 63.8 Å². The predicted molar refractivity (Wildman–Crippen MR) is 57.9 cm³/mol. The van der Waals surface area contributed by atoms with E-state index in [0.717, 1.165) is 11.1 Å². The number of nitrogens with one attached hydrogen (secondary N) is 1. The molecule has 1 aromatic heterocycles. The van der Waals surface area contributed by atoms with Crippen molar-refractivity contribution in [1.82, 2.24) is 10.2 Å². The van der Waals surface area contributed by atoms with Gasteiger partial charge in [-0.1, -0.05) is 17.4 Å². The van der Waals surface area contributed by atoms with Crippen molar-refractivity contribution in [3.8, 4) is 10.6 Å². The van der Waals surface area contributed by atoms with E-state index in [-0.39, 0.29) is 5.82 Å². The van der Waals surface area contributed by atoms with Gasteiger partial charge in [-0.25, -0.2) is 10.2 Å². The lowest BCUT2D eigenvalue weighted by atomic mass is 10.1. The minimum Gasteiger partial charge on any atom is -0.298 e. The highest BCUT2D eigenvalue weighted by Crippen LogP contribution is 2.28. The number of hydrogen-bond acceptors (Lipinski definition) is 5. The second-order valence-corrected chi connectivity index (χ2v) is 3.99. The second kappa shape index (κ2) is 3.92. The largest absolute Gasteiger partial charge is 0.298 e. The van der Waals surface area contributed by atoms with E-state index in [2.05, 4.69) is 15.6 Å². The third-order valence-corrected chi connectivity index (χ3v) is 2.87. The number of nitrogens with zero attached hydrogens (tertiary/aromatic N) is 2. The van der Waals surface area contributed by atoms with Gasteiger partial charge in [0, 0.05) is 5.56 Å². The van der Waals surface area contributed by atoms with Crippen LogP contribution < -0.4 is 11.3 Å². The molecule has 0 unspecified atom stereocenters. The highest BCUT2D eigenvalue weighted by Gasteiger charge is 2.09. The van der Waals surface area contributed by atoms with Crippen molar-refractivity contribution in [3.63, 3.8) is 0 Å². The van der Waals surface area contributed by atoms with Gasteiger partial charge in [0.1, 0.15) is 10.8 Å². The Morgan fingerprint density at radius 1 is 1.40 bits per heavy atom. The monoisotopic (exact) mass is 224 g/mol. The maximum atomic E-state index is 13.0. The summed E-state index contributed by atoms with van der Waals surface area (Å²) in [5.74, 6) is 4.91. The summed E-state index contributed by atoms with van der Waals surface area (Å²) in [6, 6.07) is 4.57. The van der Waals surface area contributed by atoms with Crippen LogP contribution >= 0.6 is 11.3 Å². The van der Waals surface area contributed by atoms with Crippen molar-refractivity contribution in [1.29, 1.82) is 0 Å². The van der Waals surface area contributed by atoms with Gasteiger partial charge in [-0.2, -0.15) is 0 Å². The molecule has 1 heterocycles. The van der Waals surface area contributed by atoms with Crippen LogP contribution in [0.2, 0.25) is 0 Å². The third kappa shape index (κ3) is 1.95. The van der Waals surface area contributed by atoms with E-state index in [1.807, 2.05) is 6.92 Å². The zero-order chi connectivity index (χ0) is 10.8. The molecule has 4 nitrogen and oxygen atoms in total. The number of nitrogens with two attached hydrogens (primary N) is 1. The Morgan fingerprint density at radius 2 is 2.20 bits per heavy atom. The van der Waals surface area contributed by atoms with Gasteiger partial charge >= 0.3 is 0 Å². The number of hydrazine groups is 1. The first-order chi connectivity index (χ1) is 7.20. The molecule has 0 bridgehead atoms. The number of hydrogen-bond donors (Lipinski definition) is 2. The minimum absolute atomic E-state index is 0.284. The van der Waals surface area contributed by atoms with Crippen molar-refractivity contribution in [2.24, 2.45) is 5.84 Å². The maximum absolute atomic E-state index is 13.0. The molecular weight excluding hydrogens is 215 g/mol. The molecule has 0 radical (unpaired) electrons. The fraction of sp³-hybridized carbons (Fsp3) is 0.111. The number of nitrogen functional groups attached to an aromatic ring is 1. The van der Waals surface area contributed by atoms with Crippen LogP contribution in [0, 0.1) is 12.7 Å². The smallest absolute Gasteiger partial charge is 0.220 e. The Kier molecular flexibility index (Phi) is 2.61. The van der Waals surface area contributed by atoms with Crippen molar-refractivity contribution < 1.29 is 4.39 Å². The van der Waals surface area contributed by atoms with Gasteiger partial charge in [0.2, 0.25) is 5.13 Å². The number of aryl methyl sites for hydroxylation is 1. The molecule has 0 spiro atoms. The molecular formula is C9H9FN4S. The van der Waals surface area contributed by atoms with Gasteiger partial charge < -0.3 is 0 Å². The van der Waals surface area contributed by atoms with Gasteiger partial charge in [-0.15, -0.1) is 10.2 Å². The van der Waals surface area contributed by atoms with Gasteiger partial charge in [-0.05, 0) is 24.6 Å². The van der Waals surface area contributed by atoms with E-state index in [9.17, 15) is 4.39 Å². The van der Waals surface area contributed by atoms with E-state index in [1.54, 1.807) is 6.07 Å². The Balaban J connectivity index is 2.48. The van der Waals surface area contributed by atoms with Gasteiger partial charge in [0.05, 0.1) is 0 Å². The number of aromatic nitrogens is 2. The zero-order valence-electron chi connectivity index (χ0n) is 7.99. The average molecular weight is 224 g/mol. The molecule has 0 saturated carbocycles. The van der Waals surface area contributed by atoms with E-state index in [1.165, 1.54) is 23.5 Å². The predicted octanol–water partition coefficient (Wildman–Crippen LogP) is 1.94. The summed E-state index contributed by atoms with van der Waals surface area (Å²) in [4.78, 5) is 0. The molecule has 2 aromatic rings. The lowest BCUT2D eigenvalue weighted by Gasteiger charge is -2.00. The molecule has 6 heteroatoms. The Hall–Kier alpha value is -1.53. The quantitative estimate of drug-likeness (QED) is 0.604. The molecule has 3 N–H and O–H groups in total. The van der Waals surface area contributed by atoms with Crippen LogP contribution in [0.5, 0.6) is 0 Å². The summed E-state index contributed by atoms with van der Waals surface area (Å²) in [6.07, 6.45) is 0. The molecule has 0 saturated heterocycles. The summed E-state index contributed by atoms with van der Waals surface area (Å²) in [5, 5.41) is 8.87. The molecule has 0 fully saturated rings. The van der Waals surface area contributed by atoms with E-state index < -0.39 is 0 Å². The van der Waals surface area contributed by atoms with Crippen LogP contribution in [0.4, 0.5) is 9.52 Å². The highest BCUT2D eigenvalue weighted by atomic mass is 32.1. The molecule has 2 rings (SSSR count). The van der Waals surface area contributed by atoms with Crippen molar-refractivity contribution >= 4 is 16.5 Å². The number of benzene rings is 1. The highest BCUT2D eigenvalue weighted by molar-refractivity contribution is 7.18. The fourth-order valence-corrected chi connectivity index (χ4v) is 1.95. The molecule has 0 amide bonds. The first-order valence-corrected chi connectivity index (χ1v) is 5.09. The van der Waals surface area contributed by atoms with Crippen LogP contribution in [0.15, 0.2) is 18.2 Å². The third-order valence-electron chi connectivity index (χ3n) is 1.98. The first-order valence-electron chi connectivity index (χ1n) is 4.27. The van der Waals surface area contributed by atoms with Crippen molar-refractivity contribution in [2.75, 3.05) is 5.43 Å². The average Bonchev–Trinajstić information content (AvgIpc) is 2.70. The molecule has 0 atom stereocenters. The second-order valence-electron chi connectivity index (χ2n) is 3.02. The summed E-state index contributed by atoms with van der Waals surface area (Å²) in [7, 11) is 0. The van der Waals surface area contributed by atoms with Gasteiger partial charge in [0.25, 0.3) is 0 Å². The normalized spacial score (nSPS) is 10.3. The fourth-order valence-electron chi connectivity index (χ4n) is 1.22. The van der Waals surface area contributed by atoms with Crippen molar-refractivity contribution in [2.45, 2.75) is 6.92 Å². The summed E-state index contributed by atoms with van der Waals surface area (Å²) in [5.41, 5.74) is 4.10. The number of rotatable bonds is 2. The van der Waals surface area contributed by atoms with Gasteiger partial charge in [0.15, 0.2) is 0 Å². The maximum Gasteiger partial charge on any atom is 0.220 e. The summed E-state index contributed by atoms with van der Waals surface area (Å²) < 4.78 is 13.0. The summed E-state index contributed by atoms with van der Waals surface area (Å²) in [6.45, 7) is 1.89. The lowest BCUT2D eigenvalue weighted by Crippen LogP contribution is -2.05. The zero-order valence-corrected chi connectivity index (χ0v) is 8.81. The molecule has 0 aliphatic rings. The van der Waals surface area contributed by atoms with Crippen LogP contribution in [0.1, 0.15) is 5.56 Å². The van der Waals surface area contributed by atoms with Gasteiger partial charge in [-0.3, -0.25) is 5.43 Å². The van der Waals surface area contributed by atoms with Crippen LogP contribution in [0.3, 0.4) is 0 Å². The first kappa shape index (κ1) is 10.0. The van der Waals surface area contributed by atoms with Crippen LogP contribution in [0.25, 0.3) is 10.6 Å². The Labute approximate surface area is 89.9 Å². The molecule has 0 aliphatic heterocycles. The molecule has 1 aromatic carbocycles. The summed E-state index contributed by atoms with van der Waals surface area (Å²) >= 11 is 1.28. The van der Waals surface area contributed by atoms with Crippen LogP contribution in [-0.2, 0) is 0 Å². The Morgan fingerprint density at radius 3 is 2.87 bits per heavy atom. The molecule has 0 aliphatic carbocycles. The number of anilines is 1. The standard InChI is InChI=1S/C9H9FN4S/c1-5-2-3-6(10)4-7(5)8-13-14-9(12-11)15-8/h2-4H,11H2,1H3,(H,12,14). The lowest BCUT2D eigenvalue weighted by molar-refractivity contribution is 0.628. The SMILES string of the molecule is Cc1ccc(F)cc1-c1nnc(NN)s1. The molecule has 78 valence electrons. The number of halogens is 1. The molecule has 15 heavy (non-hydrogen) atoms. The van der Waals surface area contributed by atoms with Crippen molar-refractivity contribution in [3.05, 3.63) is 29.6 Å². The minimum atomic E-state index is -0.284. The van der Waals surface area contributed by atoms with E-state index >= 15 is 0 Å². The van der Waals surface area contributed by atoms with E-state index in [0.29, 0.717) is 10.1 Å². The van der Waals surface area contributed by atoms with E-state index in [4.69, 9.17) is 5.84 Å². The van der Waals surface area contributed by atoms with Crippen LogP contribution in [-0.4, -0.2) is 10.2 Å². The Bertz CT molecular complexity index is 483.